The van der Waals surface area contributed by atoms with Crippen LogP contribution in [0.3, 0.4) is 0 Å². The predicted molar refractivity (Wildman–Crippen MR) is 109 cm³/mol. The van der Waals surface area contributed by atoms with Gasteiger partial charge >= 0.3 is 12.1 Å². The molecule has 0 unspecified atom stereocenters. The number of hydrogen-bond acceptors (Lipinski definition) is 5. The molecule has 1 aliphatic carbocycles. The Bertz CT molecular complexity index is 926. The SMILES string of the molecule is CC(C)(NC(=O)OCC1c2ccccc2-c2ccccc21)C(=O)NC[C@H](O)C(=O)O. The minimum absolute atomic E-state index is 0.106. The lowest BCUT2D eigenvalue weighted by atomic mass is 9.98. The Balaban J connectivity index is 1.61. The lowest BCUT2D eigenvalue weighted by Gasteiger charge is -2.25. The highest BCUT2D eigenvalue weighted by atomic mass is 16.5. The number of aliphatic hydroxyl groups is 1. The average molecular weight is 412 g/mol. The zero-order valence-electron chi connectivity index (χ0n) is 16.7. The van der Waals surface area contributed by atoms with Crippen molar-refractivity contribution in [1.82, 2.24) is 10.6 Å². The number of hydrogen-bond donors (Lipinski definition) is 4. The predicted octanol–water partition coefficient (Wildman–Crippen LogP) is 1.87. The number of alkyl carbamates (subject to hydrolysis) is 1. The van der Waals surface area contributed by atoms with Crippen LogP contribution in [0.1, 0.15) is 30.9 Å². The van der Waals surface area contributed by atoms with E-state index in [1.165, 1.54) is 13.8 Å². The molecule has 3 rings (SSSR count). The lowest BCUT2D eigenvalue weighted by Crippen LogP contribution is -2.56. The number of ether oxygens (including phenoxy) is 1. The summed E-state index contributed by atoms with van der Waals surface area (Å²) in [5.74, 6) is -2.19. The first kappa shape index (κ1) is 21.3. The van der Waals surface area contributed by atoms with E-state index in [4.69, 9.17) is 9.84 Å². The average Bonchev–Trinajstić information content (AvgIpc) is 3.03. The zero-order chi connectivity index (χ0) is 21.9. The summed E-state index contributed by atoms with van der Waals surface area (Å²) in [6, 6.07) is 15.9. The number of carbonyl (C=O) groups excluding carboxylic acids is 2. The van der Waals surface area contributed by atoms with Gasteiger partial charge in [0.15, 0.2) is 6.10 Å². The van der Waals surface area contributed by atoms with E-state index < -0.39 is 36.2 Å². The van der Waals surface area contributed by atoms with Crippen LogP contribution < -0.4 is 10.6 Å². The molecule has 0 aromatic heterocycles. The molecule has 158 valence electrons. The largest absolute Gasteiger partial charge is 0.479 e. The van der Waals surface area contributed by atoms with E-state index in [0.29, 0.717) is 0 Å². The maximum absolute atomic E-state index is 12.3. The molecule has 0 spiro atoms. The van der Waals surface area contributed by atoms with Gasteiger partial charge in [-0.05, 0) is 36.1 Å². The molecule has 2 amide bonds. The van der Waals surface area contributed by atoms with Crippen LogP contribution in [0.2, 0.25) is 0 Å². The molecule has 0 radical (unpaired) electrons. The fourth-order valence-electron chi connectivity index (χ4n) is 3.44. The van der Waals surface area contributed by atoms with E-state index in [9.17, 15) is 19.5 Å². The lowest BCUT2D eigenvalue weighted by molar-refractivity contribution is -0.146. The Hall–Kier alpha value is -3.39. The number of carbonyl (C=O) groups is 3. The molecule has 0 saturated heterocycles. The summed E-state index contributed by atoms with van der Waals surface area (Å²) in [6.45, 7) is 2.55. The fourth-order valence-corrected chi connectivity index (χ4v) is 3.44. The van der Waals surface area contributed by atoms with Gasteiger partial charge in [0.1, 0.15) is 12.1 Å². The number of fused-ring (bicyclic) bond motifs is 3. The molecular weight excluding hydrogens is 388 g/mol. The van der Waals surface area contributed by atoms with Gasteiger partial charge in [-0.2, -0.15) is 0 Å². The molecule has 0 aliphatic heterocycles. The minimum atomic E-state index is -1.72. The molecule has 30 heavy (non-hydrogen) atoms. The monoisotopic (exact) mass is 412 g/mol. The van der Waals surface area contributed by atoms with E-state index in [2.05, 4.69) is 10.6 Å². The van der Waals surface area contributed by atoms with Gasteiger partial charge < -0.3 is 25.6 Å². The van der Waals surface area contributed by atoms with Gasteiger partial charge in [0.2, 0.25) is 5.91 Å². The number of rotatable bonds is 7. The highest BCUT2D eigenvalue weighted by Gasteiger charge is 2.33. The van der Waals surface area contributed by atoms with Gasteiger partial charge in [0, 0.05) is 5.92 Å². The Kier molecular flexibility index (Phi) is 6.07. The van der Waals surface area contributed by atoms with Crippen LogP contribution in [0, 0.1) is 0 Å². The third kappa shape index (κ3) is 4.44. The molecule has 2 aromatic carbocycles. The third-order valence-corrected chi connectivity index (χ3v) is 5.07. The molecule has 1 aliphatic rings. The van der Waals surface area contributed by atoms with Crippen molar-refractivity contribution in [3.63, 3.8) is 0 Å². The highest BCUT2D eigenvalue weighted by molar-refractivity contribution is 5.89. The smallest absolute Gasteiger partial charge is 0.408 e. The van der Waals surface area contributed by atoms with Crippen molar-refractivity contribution in [2.45, 2.75) is 31.4 Å². The second kappa shape index (κ2) is 8.54. The molecule has 0 bridgehead atoms. The highest BCUT2D eigenvalue weighted by Crippen LogP contribution is 2.44. The standard InChI is InChI=1S/C22H24N2O6/c1-22(2,20(28)23-11-18(25)19(26)27)24-21(29)30-12-17-15-9-5-3-7-13(15)14-8-4-6-10-16(14)17/h3-10,17-18,25H,11-12H2,1-2H3,(H,23,28)(H,24,29)(H,26,27)/t18-/m0/s1. The fraction of sp³-hybridized carbons (Fsp3) is 0.318. The number of benzene rings is 2. The van der Waals surface area contributed by atoms with Gasteiger partial charge in [-0.25, -0.2) is 9.59 Å². The molecule has 4 N–H and O–H groups in total. The first-order chi connectivity index (χ1) is 14.2. The van der Waals surface area contributed by atoms with Gasteiger partial charge in [-0.1, -0.05) is 48.5 Å². The Labute approximate surface area is 173 Å². The topological polar surface area (TPSA) is 125 Å². The third-order valence-electron chi connectivity index (χ3n) is 5.07. The molecular formula is C22H24N2O6. The van der Waals surface area contributed by atoms with E-state index in [1.54, 1.807) is 0 Å². The van der Waals surface area contributed by atoms with Gasteiger partial charge in [-0.15, -0.1) is 0 Å². The molecule has 8 nitrogen and oxygen atoms in total. The number of aliphatic hydroxyl groups excluding tert-OH is 1. The summed E-state index contributed by atoms with van der Waals surface area (Å²) in [6.07, 6.45) is -2.49. The summed E-state index contributed by atoms with van der Waals surface area (Å²) in [7, 11) is 0. The molecule has 0 fully saturated rings. The second-order valence-electron chi connectivity index (χ2n) is 7.64. The molecule has 8 heteroatoms. The van der Waals surface area contributed by atoms with Crippen LogP contribution in [-0.2, 0) is 14.3 Å². The maximum atomic E-state index is 12.3. The summed E-state index contributed by atoms with van der Waals surface area (Å²) < 4.78 is 5.42. The Morgan fingerprint density at radius 3 is 2.10 bits per heavy atom. The molecule has 2 aromatic rings. The van der Waals surface area contributed by atoms with Crippen LogP contribution in [-0.4, -0.2) is 53.0 Å². The van der Waals surface area contributed by atoms with E-state index in [0.717, 1.165) is 22.3 Å². The van der Waals surface area contributed by atoms with E-state index >= 15 is 0 Å². The van der Waals surface area contributed by atoms with Crippen LogP contribution >= 0.6 is 0 Å². The number of carboxylic acid groups (broad SMARTS) is 1. The summed E-state index contributed by atoms with van der Waals surface area (Å²) in [4.78, 5) is 35.2. The number of aliphatic carboxylic acids is 1. The number of carboxylic acids is 1. The van der Waals surface area contributed by atoms with Crippen LogP contribution in [0.5, 0.6) is 0 Å². The maximum Gasteiger partial charge on any atom is 0.408 e. The molecule has 0 saturated carbocycles. The van der Waals surface area contributed by atoms with Crippen molar-refractivity contribution in [2.75, 3.05) is 13.2 Å². The van der Waals surface area contributed by atoms with Crippen molar-refractivity contribution in [2.24, 2.45) is 0 Å². The summed E-state index contributed by atoms with van der Waals surface area (Å²) in [5, 5.41) is 22.7. The van der Waals surface area contributed by atoms with Crippen molar-refractivity contribution in [1.29, 1.82) is 0 Å². The van der Waals surface area contributed by atoms with E-state index in [1.807, 2.05) is 48.5 Å². The van der Waals surface area contributed by atoms with Crippen molar-refractivity contribution < 1.29 is 29.3 Å². The van der Waals surface area contributed by atoms with Crippen LogP contribution in [0.25, 0.3) is 11.1 Å². The van der Waals surface area contributed by atoms with Gasteiger partial charge in [-0.3, -0.25) is 4.79 Å². The van der Waals surface area contributed by atoms with Crippen molar-refractivity contribution >= 4 is 18.0 Å². The first-order valence-corrected chi connectivity index (χ1v) is 9.53. The van der Waals surface area contributed by atoms with Gasteiger partial charge in [0.25, 0.3) is 0 Å². The summed E-state index contributed by atoms with van der Waals surface area (Å²) >= 11 is 0. The number of amides is 2. The Morgan fingerprint density at radius 1 is 1.03 bits per heavy atom. The number of nitrogens with one attached hydrogen (secondary N) is 2. The van der Waals surface area contributed by atoms with Crippen LogP contribution in [0.15, 0.2) is 48.5 Å². The quantitative estimate of drug-likeness (QED) is 0.550. The normalized spacial score (nSPS) is 13.7. The minimum Gasteiger partial charge on any atom is -0.479 e. The Morgan fingerprint density at radius 2 is 1.57 bits per heavy atom. The first-order valence-electron chi connectivity index (χ1n) is 9.53. The molecule has 1 atom stereocenters. The van der Waals surface area contributed by atoms with Crippen molar-refractivity contribution in [3.8, 4) is 11.1 Å². The zero-order valence-corrected chi connectivity index (χ0v) is 16.7. The van der Waals surface area contributed by atoms with Crippen molar-refractivity contribution in [3.05, 3.63) is 59.7 Å². The second-order valence-corrected chi connectivity index (χ2v) is 7.64. The summed E-state index contributed by atoms with van der Waals surface area (Å²) in [5.41, 5.74) is 3.01. The van der Waals surface area contributed by atoms with Gasteiger partial charge in [0.05, 0.1) is 6.54 Å². The van der Waals surface area contributed by atoms with E-state index in [-0.39, 0.29) is 12.5 Å². The van der Waals surface area contributed by atoms with Crippen LogP contribution in [0.4, 0.5) is 4.79 Å². The molecule has 0 heterocycles.